The fourth-order valence-electron chi connectivity index (χ4n) is 2.72. The van der Waals surface area contributed by atoms with Gasteiger partial charge in [-0.05, 0) is 25.2 Å². The Morgan fingerprint density at radius 3 is 2.60 bits per heavy atom. The zero-order valence-electron chi connectivity index (χ0n) is 12.3. The molecule has 1 aromatic heterocycles. The number of nitrogens with one attached hydrogen (secondary N) is 1. The van der Waals surface area contributed by atoms with Crippen molar-refractivity contribution in [3.8, 4) is 0 Å². The third kappa shape index (κ3) is 4.25. The van der Waals surface area contributed by atoms with Crippen LogP contribution in [0.1, 0.15) is 31.0 Å². The minimum Gasteiger partial charge on any atom is -0.247 e. The zero-order valence-corrected chi connectivity index (χ0v) is 13.9. The van der Waals surface area contributed by atoms with E-state index in [1.165, 1.54) is 0 Å². The molecule has 5 nitrogen and oxygen atoms in total. The van der Waals surface area contributed by atoms with Crippen LogP contribution in [-0.2, 0) is 16.6 Å². The standard InChI is InChI=1S/C13H23N3O2S2/c1-10-6-11(2)8-16(7-10)20(17,18)14-5-4-13-9-19-12(3)15-13/h9-11,14H,4-8H2,1-3H3. The molecule has 2 heterocycles. The van der Waals surface area contributed by atoms with E-state index >= 15 is 0 Å². The molecule has 0 aliphatic carbocycles. The number of aromatic nitrogens is 1. The summed E-state index contributed by atoms with van der Waals surface area (Å²) in [6.45, 7) is 7.82. The van der Waals surface area contributed by atoms with Gasteiger partial charge in [-0.25, -0.2) is 9.71 Å². The summed E-state index contributed by atoms with van der Waals surface area (Å²) in [7, 11) is -3.35. The van der Waals surface area contributed by atoms with Crippen molar-refractivity contribution in [2.75, 3.05) is 19.6 Å². The van der Waals surface area contributed by atoms with E-state index in [9.17, 15) is 8.42 Å². The van der Waals surface area contributed by atoms with Gasteiger partial charge < -0.3 is 0 Å². The maximum Gasteiger partial charge on any atom is 0.279 e. The van der Waals surface area contributed by atoms with Crippen LogP contribution in [0.4, 0.5) is 0 Å². The molecule has 0 saturated carbocycles. The van der Waals surface area contributed by atoms with E-state index in [4.69, 9.17) is 0 Å². The molecule has 0 bridgehead atoms. The summed E-state index contributed by atoms with van der Waals surface area (Å²) < 4.78 is 28.8. The van der Waals surface area contributed by atoms with E-state index in [0.717, 1.165) is 17.1 Å². The fourth-order valence-corrected chi connectivity index (χ4v) is 4.82. The number of hydrogen-bond acceptors (Lipinski definition) is 4. The van der Waals surface area contributed by atoms with Crippen molar-refractivity contribution in [3.05, 3.63) is 16.1 Å². The molecule has 0 spiro atoms. The Hall–Kier alpha value is -0.500. The first-order valence-corrected chi connectivity index (χ1v) is 9.34. The Morgan fingerprint density at radius 2 is 2.05 bits per heavy atom. The Labute approximate surface area is 125 Å². The molecule has 0 radical (unpaired) electrons. The van der Waals surface area contributed by atoms with Crippen molar-refractivity contribution in [3.63, 3.8) is 0 Å². The van der Waals surface area contributed by atoms with Gasteiger partial charge in [0.25, 0.3) is 10.2 Å². The van der Waals surface area contributed by atoms with E-state index in [-0.39, 0.29) is 0 Å². The molecular formula is C13H23N3O2S2. The summed E-state index contributed by atoms with van der Waals surface area (Å²) in [6, 6.07) is 0. The monoisotopic (exact) mass is 317 g/mol. The molecule has 114 valence electrons. The molecule has 20 heavy (non-hydrogen) atoms. The van der Waals surface area contributed by atoms with Crippen LogP contribution in [0, 0.1) is 18.8 Å². The Bertz CT molecular complexity index is 532. The Kier molecular flexibility index (Phi) is 5.17. The molecule has 2 atom stereocenters. The van der Waals surface area contributed by atoms with Crippen molar-refractivity contribution in [2.45, 2.75) is 33.6 Å². The van der Waals surface area contributed by atoms with Gasteiger partial charge in [0, 0.05) is 31.4 Å². The summed E-state index contributed by atoms with van der Waals surface area (Å²) >= 11 is 1.59. The quantitative estimate of drug-likeness (QED) is 0.901. The lowest BCUT2D eigenvalue weighted by Gasteiger charge is -2.33. The lowest BCUT2D eigenvalue weighted by atomic mass is 9.94. The van der Waals surface area contributed by atoms with Crippen molar-refractivity contribution < 1.29 is 8.42 Å². The topological polar surface area (TPSA) is 62.3 Å². The second kappa shape index (κ2) is 6.51. The second-order valence-electron chi connectivity index (χ2n) is 5.77. The van der Waals surface area contributed by atoms with Crippen molar-refractivity contribution in [1.29, 1.82) is 0 Å². The lowest BCUT2D eigenvalue weighted by molar-refractivity contribution is 0.220. The number of thiazole rings is 1. The summed E-state index contributed by atoms with van der Waals surface area (Å²) in [4.78, 5) is 4.34. The Morgan fingerprint density at radius 1 is 1.40 bits per heavy atom. The highest BCUT2D eigenvalue weighted by Gasteiger charge is 2.29. The average molecular weight is 317 g/mol. The largest absolute Gasteiger partial charge is 0.279 e. The van der Waals surface area contributed by atoms with Gasteiger partial charge in [0.05, 0.1) is 10.7 Å². The molecule has 7 heteroatoms. The molecule has 1 N–H and O–H groups in total. The minimum absolute atomic E-state index is 0.408. The predicted molar refractivity (Wildman–Crippen MR) is 82.0 cm³/mol. The Balaban J connectivity index is 1.87. The van der Waals surface area contributed by atoms with Crippen molar-refractivity contribution in [1.82, 2.24) is 14.0 Å². The second-order valence-corrected chi connectivity index (χ2v) is 8.59. The summed E-state index contributed by atoms with van der Waals surface area (Å²) in [5.41, 5.74) is 0.954. The minimum atomic E-state index is -3.35. The van der Waals surface area contributed by atoms with Gasteiger partial charge in [0.1, 0.15) is 0 Å². The van der Waals surface area contributed by atoms with Gasteiger partial charge in [0.2, 0.25) is 0 Å². The van der Waals surface area contributed by atoms with Crippen LogP contribution >= 0.6 is 11.3 Å². The van der Waals surface area contributed by atoms with E-state index in [0.29, 0.717) is 37.9 Å². The van der Waals surface area contributed by atoms with Gasteiger partial charge in [-0.2, -0.15) is 12.7 Å². The fraction of sp³-hybridized carbons (Fsp3) is 0.769. The highest BCUT2D eigenvalue weighted by atomic mass is 32.2. The van der Waals surface area contributed by atoms with Gasteiger partial charge in [0.15, 0.2) is 0 Å². The molecule has 1 fully saturated rings. The van der Waals surface area contributed by atoms with Crippen LogP contribution in [0.5, 0.6) is 0 Å². The SMILES string of the molecule is Cc1nc(CCNS(=O)(=O)N2CC(C)CC(C)C2)cs1. The van der Waals surface area contributed by atoms with Crippen LogP contribution in [0.2, 0.25) is 0 Å². The molecule has 1 aliphatic rings. The maximum atomic E-state index is 12.3. The van der Waals surface area contributed by atoms with Gasteiger partial charge in [-0.3, -0.25) is 0 Å². The third-order valence-electron chi connectivity index (χ3n) is 3.51. The van der Waals surface area contributed by atoms with E-state index < -0.39 is 10.2 Å². The molecule has 0 aromatic carbocycles. The molecule has 0 amide bonds. The first-order chi connectivity index (χ1) is 9.37. The van der Waals surface area contributed by atoms with E-state index in [1.807, 2.05) is 12.3 Å². The van der Waals surface area contributed by atoms with Gasteiger partial charge >= 0.3 is 0 Å². The predicted octanol–water partition coefficient (Wildman–Crippen LogP) is 1.81. The summed E-state index contributed by atoms with van der Waals surface area (Å²) in [5, 5.41) is 3.00. The molecule has 2 unspecified atom stereocenters. The zero-order chi connectivity index (χ0) is 14.8. The molecule has 1 aliphatic heterocycles. The van der Waals surface area contributed by atoms with E-state index in [1.54, 1.807) is 15.6 Å². The molecule has 2 rings (SSSR count). The van der Waals surface area contributed by atoms with Crippen LogP contribution in [0.25, 0.3) is 0 Å². The lowest BCUT2D eigenvalue weighted by Crippen LogP contribution is -2.48. The van der Waals surface area contributed by atoms with E-state index in [2.05, 4.69) is 23.6 Å². The van der Waals surface area contributed by atoms with Crippen molar-refractivity contribution in [2.24, 2.45) is 11.8 Å². The number of hydrogen-bond donors (Lipinski definition) is 1. The van der Waals surface area contributed by atoms with Crippen molar-refractivity contribution >= 4 is 21.5 Å². The maximum absolute atomic E-state index is 12.3. The third-order valence-corrected chi connectivity index (χ3v) is 5.88. The van der Waals surface area contributed by atoms with Gasteiger partial charge in [-0.15, -0.1) is 11.3 Å². The van der Waals surface area contributed by atoms with Crippen LogP contribution in [0.3, 0.4) is 0 Å². The van der Waals surface area contributed by atoms with Gasteiger partial charge in [-0.1, -0.05) is 13.8 Å². The summed E-state index contributed by atoms with van der Waals surface area (Å²) in [6.07, 6.45) is 1.74. The molecule has 1 aromatic rings. The highest BCUT2D eigenvalue weighted by molar-refractivity contribution is 7.87. The van der Waals surface area contributed by atoms with Crippen LogP contribution in [0.15, 0.2) is 5.38 Å². The van der Waals surface area contributed by atoms with Crippen LogP contribution < -0.4 is 4.72 Å². The smallest absolute Gasteiger partial charge is 0.247 e. The normalized spacial score (nSPS) is 24.9. The summed E-state index contributed by atoms with van der Waals surface area (Å²) in [5.74, 6) is 0.855. The molecule has 1 saturated heterocycles. The number of rotatable bonds is 5. The van der Waals surface area contributed by atoms with Crippen LogP contribution in [-0.4, -0.2) is 37.3 Å². The highest BCUT2D eigenvalue weighted by Crippen LogP contribution is 2.22. The number of aryl methyl sites for hydroxylation is 1. The average Bonchev–Trinajstić information content (AvgIpc) is 2.73. The first kappa shape index (κ1) is 15.9. The number of nitrogens with zero attached hydrogens (tertiary/aromatic N) is 2. The number of piperidine rings is 1. The molecular weight excluding hydrogens is 294 g/mol. The first-order valence-electron chi connectivity index (χ1n) is 7.02.